The van der Waals surface area contributed by atoms with E-state index in [1.54, 1.807) is 25.3 Å². The molecule has 2 rings (SSSR count). The number of alkyl halides is 3. The maximum atomic E-state index is 12.6. The number of halogens is 3. The fourth-order valence-corrected chi connectivity index (χ4v) is 1.82. The number of benzene rings is 1. The molecule has 2 aromatic rings. The standard InChI is InChI=1S/C13H14F3N3O/c1-8(20-3)9-5-4-6-10(7-9)11-17-12(13(14,15)16)18-19(11)2/h4-8H,1-3H3/t8-/m1/s1. The molecule has 0 fully saturated rings. The van der Waals surface area contributed by atoms with Crippen LogP contribution in [0.25, 0.3) is 11.4 Å². The van der Waals surface area contributed by atoms with Gasteiger partial charge < -0.3 is 4.74 Å². The summed E-state index contributed by atoms with van der Waals surface area (Å²) < 4.78 is 44.1. The average Bonchev–Trinajstić information content (AvgIpc) is 2.80. The number of methoxy groups -OCH3 is 1. The number of aryl methyl sites for hydroxylation is 1. The van der Waals surface area contributed by atoms with Crippen LogP contribution in [-0.4, -0.2) is 21.9 Å². The van der Waals surface area contributed by atoms with Crippen molar-refractivity contribution in [3.63, 3.8) is 0 Å². The third-order valence-electron chi connectivity index (χ3n) is 2.98. The van der Waals surface area contributed by atoms with Gasteiger partial charge in [0.1, 0.15) is 0 Å². The Bertz CT molecular complexity index is 607. The van der Waals surface area contributed by atoms with E-state index in [-0.39, 0.29) is 11.9 Å². The molecule has 0 radical (unpaired) electrons. The highest BCUT2D eigenvalue weighted by Crippen LogP contribution is 2.29. The first kappa shape index (κ1) is 14.5. The Labute approximate surface area is 114 Å². The minimum absolute atomic E-state index is 0.148. The third kappa shape index (κ3) is 2.82. The van der Waals surface area contributed by atoms with Crippen LogP contribution in [0.5, 0.6) is 0 Å². The molecule has 1 atom stereocenters. The lowest BCUT2D eigenvalue weighted by molar-refractivity contribution is -0.144. The quantitative estimate of drug-likeness (QED) is 0.869. The molecular weight excluding hydrogens is 271 g/mol. The zero-order valence-electron chi connectivity index (χ0n) is 11.3. The van der Waals surface area contributed by atoms with E-state index in [0.29, 0.717) is 5.56 Å². The van der Waals surface area contributed by atoms with Crippen molar-refractivity contribution in [1.82, 2.24) is 14.8 Å². The van der Waals surface area contributed by atoms with E-state index in [0.717, 1.165) is 10.2 Å². The van der Waals surface area contributed by atoms with E-state index < -0.39 is 12.0 Å². The van der Waals surface area contributed by atoms with Crippen molar-refractivity contribution in [2.45, 2.75) is 19.2 Å². The molecule has 0 saturated carbocycles. The summed E-state index contributed by atoms with van der Waals surface area (Å²) in [6, 6.07) is 7.04. The van der Waals surface area contributed by atoms with Crippen LogP contribution < -0.4 is 0 Å². The minimum atomic E-state index is -4.55. The van der Waals surface area contributed by atoms with E-state index in [1.807, 2.05) is 13.0 Å². The molecule has 0 aliphatic heterocycles. The monoisotopic (exact) mass is 285 g/mol. The van der Waals surface area contributed by atoms with Gasteiger partial charge in [-0.3, -0.25) is 0 Å². The molecule has 0 aliphatic rings. The van der Waals surface area contributed by atoms with Crippen LogP contribution in [-0.2, 0) is 18.0 Å². The lowest BCUT2D eigenvalue weighted by atomic mass is 10.1. The summed E-state index contributed by atoms with van der Waals surface area (Å²) in [4.78, 5) is 3.56. The highest BCUT2D eigenvalue weighted by Gasteiger charge is 2.36. The van der Waals surface area contributed by atoms with Crippen LogP contribution in [0.15, 0.2) is 24.3 Å². The Hall–Kier alpha value is -1.89. The summed E-state index contributed by atoms with van der Waals surface area (Å²) in [6.45, 7) is 1.86. The molecule has 0 amide bonds. The Morgan fingerprint density at radius 1 is 1.30 bits per heavy atom. The molecule has 1 heterocycles. The number of nitrogens with zero attached hydrogens (tertiary/aromatic N) is 3. The van der Waals surface area contributed by atoms with E-state index >= 15 is 0 Å². The molecule has 4 nitrogen and oxygen atoms in total. The molecule has 20 heavy (non-hydrogen) atoms. The Morgan fingerprint density at radius 3 is 2.55 bits per heavy atom. The van der Waals surface area contributed by atoms with E-state index in [4.69, 9.17) is 4.74 Å². The van der Waals surface area contributed by atoms with Gasteiger partial charge in [0.05, 0.1) is 6.10 Å². The Balaban J connectivity index is 2.44. The van der Waals surface area contributed by atoms with Crippen LogP contribution in [0.4, 0.5) is 13.2 Å². The van der Waals surface area contributed by atoms with Crippen molar-refractivity contribution in [3.05, 3.63) is 35.7 Å². The summed E-state index contributed by atoms with van der Waals surface area (Å²) in [5.41, 5.74) is 1.43. The lowest BCUT2D eigenvalue weighted by Crippen LogP contribution is -2.08. The predicted molar refractivity (Wildman–Crippen MR) is 66.9 cm³/mol. The smallest absolute Gasteiger partial charge is 0.377 e. The first-order valence-corrected chi connectivity index (χ1v) is 5.94. The SMILES string of the molecule is CO[C@H](C)c1cccc(-c2nc(C(F)(F)F)nn2C)c1. The number of hydrogen-bond acceptors (Lipinski definition) is 3. The highest BCUT2D eigenvalue weighted by atomic mass is 19.4. The summed E-state index contributed by atoms with van der Waals surface area (Å²) in [5.74, 6) is -0.970. The zero-order chi connectivity index (χ0) is 14.9. The van der Waals surface area contributed by atoms with Gasteiger partial charge in [-0.05, 0) is 18.6 Å². The molecule has 1 aromatic heterocycles. The lowest BCUT2D eigenvalue weighted by Gasteiger charge is -2.10. The second kappa shape index (κ2) is 5.24. The van der Waals surface area contributed by atoms with Gasteiger partial charge in [0, 0.05) is 19.7 Å². The first-order chi connectivity index (χ1) is 9.32. The van der Waals surface area contributed by atoms with Gasteiger partial charge in [-0.25, -0.2) is 9.67 Å². The van der Waals surface area contributed by atoms with Crippen molar-refractivity contribution in [1.29, 1.82) is 0 Å². The predicted octanol–water partition coefficient (Wildman–Crippen LogP) is 3.21. The topological polar surface area (TPSA) is 39.9 Å². The van der Waals surface area contributed by atoms with Crippen LogP contribution >= 0.6 is 0 Å². The molecule has 7 heteroatoms. The molecule has 0 bridgehead atoms. The van der Waals surface area contributed by atoms with Crippen molar-refractivity contribution < 1.29 is 17.9 Å². The van der Waals surface area contributed by atoms with Crippen LogP contribution in [0.2, 0.25) is 0 Å². The summed E-state index contributed by atoms with van der Waals surface area (Å²) in [5, 5.41) is 3.40. The van der Waals surface area contributed by atoms with Gasteiger partial charge in [0.2, 0.25) is 0 Å². The maximum absolute atomic E-state index is 12.6. The molecule has 0 aliphatic carbocycles. The first-order valence-electron chi connectivity index (χ1n) is 5.94. The van der Waals surface area contributed by atoms with Gasteiger partial charge in [0.15, 0.2) is 5.82 Å². The average molecular weight is 285 g/mol. The van der Waals surface area contributed by atoms with Gasteiger partial charge in [-0.15, -0.1) is 5.10 Å². The Morgan fingerprint density at radius 2 is 2.00 bits per heavy atom. The van der Waals surface area contributed by atoms with Crippen molar-refractivity contribution in [2.75, 3.05) is 7.11 Å². The van der Waals surface area contributed by atoms with Crippen LogP contribution in [0.1, 0.15) is 24.4 Å². The molecule has 0 spiro atoms. The third-order valence-corrected chi connectivity index (χ3v) is 2.98. The van der Waals surface area contributed by atoms with Crippen LogP contribution in [0.3, 0.4) is 0 Å². The van der Waals surface area contributed by atoms with Crippen molar-refractivity contribution >= 4 is 0 Å². The van der Waals surface area contributed by atoms with Crippen molar-refractivity contribution in [3.8, 4) is 11.4 Å². The number of rotatable bonds is 3. The van der Waals surface area contributed by atoms with Gasteiger partial charge in [-0.2, -0.15) is 13.2 Å². The van der Waals surface area contributed by atoms with Crippen molar-refractivity contribution in [2.24, 2.45) is 7.05 Å². The highest BCUT2D eigenvalue weighted by molar-refractivity contribution is 5.56. The zero-order valence-corrected chi connectivity index (χ0v) is 11.3. The maximum Gasteiger partial charge on any atom is 0.453 e. The summed E-state index contributed by atoms with van der Waals surface area (Å²) in [6.07, 6.45) is -4.70. The summed E-state index contributed by atoms with van der Waals surface area (Å²) >= 11 is 0. The van der Waals surface area contributed by atoms with E-state index in [1.165, 1.54) is 7.05 Å². The number of hydrogen-bond donors (Lipinski definition) is 0. The molecule has 0 saturated heterocycles. The van der Waals surface area contributed by atoms with Crippen LogP contribution in [0, 0.1) is 0 Å². The molecule has 0 unspecified atom stereocenters. The fourth-order valence-electron chi connectivity index (χ4n) is 1.82. The van der Waals surface area contributed by atoms with E-state index in [9.17, 15) is 13.2 Å². The number of ether oxygens (including phenoxy) is 1. The largest absolute Gasteiger partial charge is 0.453 e. The Kier molecular flexibility index (Phi) is 3.80. The van der Waals surface area contributed by atoms with Gasteiger partial charge >= 0.3 is 6.18 Å². The number of aromatic nitrogens is 3. The molecule has 1 aromatic carbocycles. The molecule has 0 N–H and O–H groups in total. The van der Waals surface area contributed by atoms with Gasteiger partial charge in [-0.1, -0.05) is 18.2 Å². The second-order valence-corrected chi connectivity index (χ2v) is 4.38. The normalized spacial score (nSPS) is 13.5. The van der Waals surface area contributed by atoms with Gasteiger partial charge in [0.25, 0.3) is 5.82 Å². The van der Waals surface area contributed by atoms with E-state index in [2.05, 4.69) is 10.1 Å². The summed E-state index contributed by atoms with van der Waals surface area (Å²) in [7, 11) is 3.01. The second-order valence-electron chi connectivity index (χ2n) is 4.38. The minimum Gasteiger partial charge on any atom is -0.377 e. The molecular formula is C13H14F3N3O. The molecule has 108 valence electrons. The fraction of sp³-hybridized carbons (Fsp3) is 0.385.